The molecule has 0 saturated carbocycles. The van der Waals surface area contributed by atoms with Crippen LogP contribution in [0.25, 0.3) is 0 Å². The molecule has 0 atom stereocenters. The van der Waals surface area contributed by atoms with Crippen LogP contribution in [-0.2, 0) is 0 Å². The second-order valence-corrected chi connectivity index (χ2v) is 6.11. The van der Waals surface area contributed by atoms with Crippen molar-refractivity contribution in [3.63, 3.8) is 0 Å². The van der Waals surface area contributed by atoms with Crippen molar-refractivity contribution in [1.29, 1.82) is 0 Å². The number of primary amides is 1. The first kappa shape index (κ1) is 19.1. The van der Waals surface area contributed by atoms with E-state index in [9.17, 15) is 14.4 Å². The Kier molecular flexibility index (Phi) is 5.37. The van der Waals surface area contributed by atoms with Crippen molar-refractivity contribution in [2.75, 3.05) is 17.3 Å². The maximum absolute atomic E-state index is 12.6. The second-order valence-electron chi connectivity index (χ2n) is 5.72. The van der Waals surface area contributed by atoms with Gasteiger partial charge in [0.2, 0.25) is 0 Å². The first-order valence-corrected chi connectivity index (χ1v) is 8.39. The molecule has 142 valence electrons. The normalized spacial score (nSPS) is 10.4. The van der Waals surface area contributed by atoms with E-state index in [4.69, 9.17) is 17.3 Å². The molecule has 1 aromatic carbocycles. The average Bonchev–Trinajstić information content (AvgIpc) is 3.17. The minimum Gasteiger partial charge on any atom is -0.364 e. The number of anilines is 2. The summed E-state index contributed by atoms with van der Waals surface area (Å²) >= 11 is 5.79. The number of nitrogens with zero attached hydrogens (tertiary/aromatic N) is 3. The van der Waals surface area contributed by atoms with Gasteiger partial charge in [-0.25, -0.2) is 9.97 Å². The van der Waals surface area contributed by atoms with Crippen molar-refractivity contribution in [2.45, 2.75) is 0 Å². The largest absolute Gasteiger partial charge is 0.364 e. The highest BCUT2D eigenvalue weighted by Crippen LogP contribution is 2.20. The van der Waals surface area contributed by atoms with Crippen LogP contribution in [0.4, 0.5) is 11.4 Å². The van der Waals surface area contributed by atoms with Gasteiger partial charge in [0.1, 0.15) is 10.8 Å². The van der Waals surface area contributed by atoms with Crippen molar-refractivity contribution < 1.29 is 14.4 Å². The topological polar surface area (TPSA) is 134 Å². The zero-order chi connectivity index (χ0) is 20.3. The number of pyridine rings is 1. The number of aromatic nitrogens is 3. The Balaban J connectivity index is 1.73. The highest BCUT2D eigenvalue weighted by molar-refractivity contribution is 6.29. The number of amides is 3. The zero-order valence-corrected chi connectivity index (χ0v) is 15.4. The summed E-state index contributed by atoms with van der Waals surface area (Å²) in [6, 6.07) is 9.57. The highest BCUT2D eigenvalue weighted by Gasteiger charge is 2.22. The number of nitrogens with one attached hydrogen (secondary N) is 2. The fourth-order valence-electron chi connectivity index (χ4n) is 2.44. The number of aromatic amines is 1. The summed E-state index contributed by atoms with van der Waals surface area (Å²) in [5.41, 5.74) is 6.53. The molecule has 3 amide bonds. The fraction of sp³-hybridized carbons (Fsp3) is 0.0556. The number of nitrogens with two attached hydrogens (primary N) is 1. The van der Waals surface area contributed by atoms with E-state index in [2.05, 4.69) is 20.3 Å². The van der Waals surface area contributed by atoms with E-state index in [1.54, 1.807) is 37.4 Å². The summed E-state index contributed by atoms with van der Waals surface area (Å²) in [6.45, 7) is 0. The lowest BCUT2D eigenvalue weighted by Crippen LogP contribution is -2.29. The summed E-state index contributed by atoms with van der Waals surface area (Å²) in [7, 11) is 1.54. The lowest BCUT2D eigenvalue weighted by molar-refractivity contribution is 0.0958. The zero-order valence-electron chi connectivity index (χ0n) is 14.6. The van der Waals surface area contributed by atoms with Crippen LogP contribution in [0.3, 0.4) is 0 Å². The molecule has 2 heterocycles. The number of hydrogen-bond donors (Lipinski definition) is 3. The van der Waals surface area contributed by atoms with Crippen LogP contribution in [0, 0.1) is 0 Å². The van der Waals surface area contributed by atoms with Gasteiger partial charge in [-0.2, -0.15) is 0 Å². The second kappa shape index (κ2) is 7.89. The first-order chi connectivity index (χ1) is 13.4. The van der Waals surface area contributed by atoms with Crippen LogP contribution in [0.1, 0.15) is 31.3 Å². The first-order valence-electron chi connectivity index (χ1n) is 8.01. The van der Waals surface area contributed by atoms with Crippen molar-refractivity contribution in [3.05, 3.63) is 71.0 Å². The molecule has 0 unspecified atom stereocenters. The SMILES string of the molecule is CN(C(=O)c1[nH]cnc1C(N)=O)c1ccc(NC(=O)c2ccnc(Cl)c2)cc1. The van der Waals surface area contributed by atoms with Gasteiger partial charge in [0.05, 0.1) is 6.33 Å². The minimum atomic E-state index is -0.799. The fourth-order valence-corrected chi connectivity index (χ4v) is 2.62. The predicted octanol–water partition coefficient (Wildman–Crippen LogP) is 2.09. The quantitative estimate of drug-likeness (QED) is 0.565. The van der Waals surface area contributed by atoms with Crippen LogP contribution in [-0.4, -0.2) is 39.7 Å². The smallest absolute Gasteiger partial charge is 0.276 e. The van der Waals surface area contributed by atoms with Gasteiger partial charge in [0, 0.05) is 30.2 Å². The molecule has 9 nitrogen and oxygen atoms in total. The van der Waals surface area contributed by atoms with Gasteiger partial charge in [-0.1, -0.05) is 11.6 Å². The Morgan fingerprint density at radius 1 is 1.14 bits per heavy atom. The number of hydrogen-bond acceptors (Lipinski definition) is 5. The maximum atomic E-state index is 12.6. The van der Waals surface area contributed by atoms with Crippen molar-refractivity contribution in [1.82, 2.24) is 15.0 Å². The van der Waals surface area contributed by atoms with Crippen LogP contribution in [0.15, 0.2) is 48.9 Å². The van der Waals surface area contributed by atoms with Crippen molar-refractivity contribution >= 4 is 40.7 Å². The van der Waals surface area contributed by atoms with Crippen LogP contribution in [0.5, 0.6) is 0 Å². The molecule has 4 N–H and O–H groups in total. The average molecular weight is 399 g/mol. The molecule has 0 aliphatic carbocycles. The Hall–Kier alpha value is -3.72. The molecular weight excluding hydrogens is 384 g/mol. The number of halogens is 1. The summed E-state index contributed by atoms with van der Waals surface area (Å²) in [5.74, 6) is -1.62. The molecule has 0 fully saturated rings. The molecule has 0 bridgehead atoms. The van der Waals surface area contributed by atoms with Gasteiger partial charge in [-0.3, -0.25) is 14.4 Å². The van der Waals surface area contributed by atoms with Gasteiger partial charge in [-0.15, -0.1) is 0 Å². The van der Waals surface area contributed by atoms with Crippen LogP contribution < -0.4 is 16.0 Å². The van der Waals surface area contributed by atoms with Gasteiger partial charge in [0.15, 0.2) is 5.69 Å². The minimum absolute atomic E-state index is 0.00180. The van der Waals surface area contributed by atoms with E-state index >= 15 is 0 Å². The number of carbonyl (C=O) groups is 3. The Morgan fingerprint density at radius 2 is 1.86 bits per heavy atom. The van der Waals surface area contributed by atoms with Crippen LogP contribution >= 0.6 is 11.6 Å². The molecule has 0 aliphatic heterocycles. The Morgan fingerprint density at radius 3 is 2.50 bits per heavy atom. The molecule has 3 rings (SSSR count). The number of H-pyrrole nitrogens is 1. The number of carbonyl (C=O) groups excluding carboxylic acids is 3. The summed E-state index contributed by atoms with van der Waals surface area (Å²) in [4.78, 5) is 47.7. The number of imidazole rings is 1. The molecule has 10 heteroatoms. The van der Waals surface area contributed by atoms with Gasteiger partial charge >= 0.3 is 0 Å². The third-order valence-corrected chi connectivity index (χ3v) is 4.10. The number of benzene rings is 1. The van der Waals surface area contributed by atoms with E-state index in [0.717, 1.165) is 0 Å². The lowest BCUT2D eigenvalue weighted by Gasteiger charge is -2.17. The third kappa shape index (κ3) is 3.99. The van der Waals surface area contributed by atoms with E-state index in [-0.39, 0.29) is 22.4 Å². The highest BCUT2D eigenvalue weighted by atomic mass is 35.5. The van der Waals surface area contributed by atoms with E-state index < -0.39 is 11.8 Å². The summed E-state index contributed by atoms with van der Waals surface area (Å²) in [6.07, 6.45) is 2.67. The molecule has 28 heavy (non-hydrogen) atoms. The molecule has 0 aliphatic rings. The van der Waals surface area contributed by atoms with E-state index in [1.165, 1.54) is 23.5 Å². The predicted molar refractivity (Wildman–Crippen MR) is 103 cm³/mol. The van der Waals surface area contributed by atoms with Gasteiger partial charge in [-0.05, 0) is 36.4 Å². The molecule has 0 saturated heterocycles. The van der Waals surface area contributed by atoms with Gasteiger partial charge in [0.25, 0.3) is 17.7 Å². The molecular formula is C18H15ClN6O3. The Bertz CT molecular complexity index is 1050. The standard InChI is InChI=1S/C18H15ClN6O3/c1-25(18(28)15-14(16(20)26)22-9-23-15)12-4-2-11(3-5-12)24-17(27)10-6-7-21-13(19)8-10/h2-9H,1H3,(H2,20,26)(H,22,23)(H,24,27). The van der Waals surface area contributed by atoms with Gasteiger partial charge < -0.3 is 20.9 Å². The van der Waals surface area contributed by atoms with Crippen molar-refractivity contribution in [2.24, 2.45) is 5.73 Å². The van der Waals surface area contributed by atoms with Crippen molar-refractivity contribution in [3.8, 4) is 0 Å². The Labute approximate surface area is 164 Å². The van der Waals surface area contributed by atoms with E-state index in [1.807, 2.05) is 0 Å². The lowest BCUT2D eigenvalue weighted by atomic mass is 10.2. The number of rotatable bonds is 5. The third-order valence-electron chi connectivity index (χ3n) is 3.89. The summed E-state index contributed by atoms with van der Waals surface area (Å²) in [5, 5.41) is 2.95. The van der Waals surface area contributed by atoms with E-state index in [0.29, 0.717) is 16.9 Å². The summed E-state index contributed by atoms with van der Waals surface area (Å²) < 4.78 is 0. The molecule has 3 aromatic rings. The molecule has 0 spiro atoms. The van der Waals surface area contributed by atoms with Crippen LogP contribution in [0.2, 0.25) is 5.15 Å². The molecule has 0 radical (unpaired) electrons. The monoisotopic (exact) mass is 398 g/mol. The maximum Gasteiger partial charge on any atom is 0.276 e. The molecule has 2 aromatic heterocycles.